The first-order valence-corrected chi connectivity index (χ1v) is 35.6. The highest BCUT2D eigenvalue weighted by atomic mass is 16.7. The molecule has 0 aromatic rings. The van der Waals surface area contributed by atoms with Gasteiger partial charge in [-0.1, -0.05) is 313 Å². The highest BCUT2D eigenvalue weighted by Gasteiger charge is 2.47. The van der Waals surface area contributed by atoms with E-state index < -0.39 is 67.4 Å². The van der Waals surface area contributed by atoms with E-state index in [0.29, 0.717) is 19.3 Å². The Morgan fingerprint density at radius 2 is 0.821 bits per heavy atom. The number of carbonyl (C=O) groups is 2. The maximum Gasteiger partial charge on any atom is 0.306 e. The van der Waals surface area contributed by atoms with Crippen LogP contribution in [-0.4, -0.2) is 99.6 Å². The molecule has 1 saturated heterocycles. The normalized spacial score (nSPS) is 18.8. The summed E-state index contributed by atoms with van der Waals surface area (Å²) in [7, 11) is 0. The predicted molar refractivity (Wildman–Crippen MR) is 352 cm³/mol. The van der Waals surface area contributed by atoms with Gasteiger partial charge in [-0.3, -0.25) is 9.59 Å². The van der Waals surface area contributed by atoms with E-state index in [-0.39, 0.29) is 13.0 Å². The monoisotopic (exact) mass is 1180 g/mol. The van der Waals surface area contributed by atoms with Crippen molar-refractivity contribution in [1.82, 2.24) is 5.32 Å². The Bertz CT molecular complexity index is 1600. The van der Waals surface area contributed by atoms with Crippen molar-refractivity contribution in [2.24, 2.45) is 0 Å². The Morgan fingerprint density at radius 3 is 1.25 bits per heavy atom. The van der Waals surface area contributed by atoms with Gasteiger partial charge < -0.3 is 45.1 Å². The summed E-state index contributed by atoms with van der Waals surface area (Å²) in [4.78, 5) is 26.7. The molecule has 84 heavy (non-hydrogen) atoms. The first-order chi connectivity index (χ1) is 41.2. The first-order valence-electron chi connectivity index (χ1n) is 35.6. The first kappa shape index (κ1) is 79.4. The summed E-state index contributed by atoms with van der Waals surface area (Å²) in [6.45, 7) is 5.79. The van der Waals surface area contributed by atoms with Gasteiger partial charge in [-0.05, 0) is 70.6 Å². The van der Waals surface area contributed by atoms with Crippen LogP contribution in [0.1, 0.15) is 329 Å². The summed E-state index contributed by atoms with van der Waals surface area (Å²) < 4.78 is 17.7. The van der Waals surface area contributed by atoms with Gasteiger partial charge in [0, 0.05) is 6.42 Å². The molecule has 0 aromatic carbocycles. The second-order valence-corrected chi connectivity index (χ2v) is 24.6. The van der Waals surface area contributed by atoms with Crippen molar-refractivity contribution >= 4 is 11.9 Å². The molecule has 1 amide bonds. The van der Waals surface area contributed by atoms with Crippen LogP contribution < -0.4 is 5.32 Å². The van der Waals surface area contributed by atoms with Crippen LogP contribution in [0.2, 0.25) is 0 Å². The summed E-state index contributed by atoms with van der Waals surface area (Å²) in [5.41, 5.74) is 0. The molecule has 6 N–H and O–H groups in total. The van der Waals surface area contributed by atoms with E-state index in [0.717, 1.165) is 89.9 Å². The highest BCUT2D eigenvalue weighted by molar-refractivity contribution is 5.80. The Morgan fingerprint density at radius 1 is 0.464 bits per heavy atom. The molecule has 0 aromatic heterocycles. The van der Waals surface area contributed by atoms with Crippen molar-refractivity contribution in [2.45, 2.75) is 378 Å². The number of nitrogens with one attached hydrogen (secondary N) is 1. The van der Waals surface area contributed by atoms with E-state index >= 15 is 0 Å². The molecule has 1 rings (SSSR count). The molecule has 1 aliphatic rings. The maximum atomic E-state index is 13.5. The van der Waals surface area contributed by atoms with E-state index in [2.05, 4.69) is 74.7 Å². The van der Waals surface area contributed by atoms with Crippen LogP contribution in [0.3, 0.4) is 0 Å². The Hall–Kier alpha value is -2.64. The number of hydrogen-bond acceptors (Lipinski definition) is 10. The average Bonchev–Trinajstić information content (AvgIpc) is 3.69. The summed E-state index contributed by atoms with van der Waals surface area (Å²) in [6.07, 6.45) is 66.9. The van der Waals surface area contributed by atoms with Crippen LogP contribution in [0.15, 0.2) is 60.8 Å². The molecule has 0 radical (unpaired) electrons. The molecule has 11 heteroatoms. The van der Waals surface area contributed by atoms with Gasteiger partial charge in [-0.2, -0.15) is 0 Å². The van der Waals surface area contributed by atoms with E-state index in [1.807, 2.05) is 6.08 Å². The molecule has 8 atom stereocenters. The molecule has 0 spiro atoms. The molecule has 0 aliphatic carbocycles. The fourth-order valence-electron chi connectivity index (χ4n) is 11.0. The third-order valence-corrected chi connectivity index (χ3v) is 16.7. The Labute approximate surface area is 516 Å². The minimum atomic E-state index is -1.62. The quantitative estimate of drug-likeness (QED) is 0.0195. The molecule has 1 aliphatic heterocycles. The molecule has 0 bridgehead atoms. The van der Waals surface area contributed by atoms with Gasteiger partial charge in [0.2, 0.25) is 5.91 Å². The van der Waals surface area contributed by atoms with E-state index in [1.54, 1.807) is 6.08 Å². The third-order valence-electron chi connectivity index (χ3n) is 16.7. The lowest BCUT2D eigenvalue weighted by atomic mass is 9.99. The summed E-state index contributed by atoms with van der Waals surface area (Å²) in [5.74, 6) is -1.20. The number of allylic oxidation sites excluding steroid dienone is 9. The molecule has 0 saturated carbocycles. The number of amides is 1. The minimum absolute atomic E-state index is 0.103. The van der Waals surface area contributed by atoms with Gasteiger partial charge in [-0.25, -0.2) is 0 Å². The topological polar surface area (TPSA) is 175 Å². The second kappa shape index (κ2) is 60.6. The molecule has 1 heterocycles. The second-order valence-electron chi connectivity index (χ2n) is 24.6. The number of aliphatic hydroxyl groups is 5. The lowest BCUT2D eigenvalue weighted by molar-refractivity contribution is -0.305. The van der Waals surface area contributed by atoms with Gasteiger partial charge in [0.25, 0.3) is 0 Å². The van der Waals surface area contributed by atoms with E-state index in [9.17, 15) is 35.1 Å². The van der Waals surface area contributed by atoms with Crippen LogP contribution >= 0.6 is 0 Å². The zero-order valence-corrected chi connectivity index (χ0v) is 54.5. The van der Waals surface area contributed by atoms with Gasteiger partial charge >= 0.3 is 5.97 Å². The number of aliphatic hydroxyl groups excluding tert-OH is 5. The molecule has 490 valence electrons. The maximum absolute atomic E-state index is 13.5. The number of carbonyl (C=O) groups excluding carboxylic acids is 2. The number of hydrogen-bond donors (Lipinski definition) is 6. The zero-order valence-electron chi connectivity index (χ0n) is 54.5. The van der Waals surface area contributed by atoms with Crippen molar-refractivity contribution in [1.29, 1.82) is 0 Å². The van der Waals surface area contributed by atoms with Crippen molar-refractivity contribution in [2.75, 3.05) is 13.2 Å². The summed E-state index contributed by atoms with van der Waals surface area (Å²) >= 11 is 0. The molecule has 8 unspecified atom stereocenters. The largest absolute Gasteiger partial charge is 0.454 e. The van der Waals surface area contributed by atoms with Crippen LogP contribution in [0.4, 0.5) is 0 Å². The SMILES string of the molecule is CCCCC/C=C\C/C=C\C/C=C\C/C=C\CCCCCCCC(=O)OC1C(OCC(NC(=O)C(O)CCCCCCCCCCCCCCCCCCCCCCCC)C(O)/C=C/CCCCCCCCCCCC)OC(CO)C(O)C1O. The summed E-state index contributed by atoms with van der Waals surface area (Å²) in [6, 6.07) is -1.03. The molecule has 1 fully saturated rings. The fourth-order valence-corrected chi connectivity index (χ4v) is 11.0. The molecular formula is C73H133NO10. The Balaban J connectivity index is 2.59. The van der Waals surface area contributed by atoms with Gasteiger partial charge in [0.15, 0.2) is 12.4 Å². The zero-order chi connectivity index (χ0) is 61.0. The van der Waals surface area contributed by atoms with Crippen LogP contribution in [0, 0.1) is 0 Å². The lowest BCUT2D eigenvalue weighted by Crippen LogP contribution is -2.61. The Kier molecular flexibility index (Phi) is 57.3. The highest BCUT2D eigenvalue weighted by Crippen LogP contribution is 2.26. The fraction of sp³-hybridized carbons (Fsp3) is 0.836. The third kappa shape index (κ3) is 47.4. The summed E-state index contributed by atoms with van der Waals surface area (Å²) in [5, 5.41) is 57.2. The minimum Gasteiger partial charge on any atom is -0.454 e. The van der Waals surface area contributed by atoms with Crippen LogP contribution in [0.5, 0.6) is 0 Å². The number of unbranched alkanes of at least 4 members (excludes halogenated alkanes) is 39. The molecular weight excluding hydrogens is 1050 g/mol. The van der Waals surface area contributed by atoms with Crippen molar-refractivity contribution in [3.63, 3.8) is 0 Å². The van der Waals surface area contributed by atoms with Crippen molar-refractivity contribution < 1.29 is 49.3 Å². The van der Waals surface area contributed by atoms with Gasteiger partial charge in [0.05, 0.1) is 25.4 Å². The average molecular weight is 1180 g/mol. The lowest BCUT2D eigenvalue weighted by Gasteiger charge is -2.41. The van der Waals surface area contributed by atoms with Gasteiger partial charge in [0.1, 0.15) is 24.4 Å². The van der Waals surface area contributed by atoms with Crippen LogP contribution in [-0.2, 0) is 23.8 Å². The number of esters is 1. The van der Waals surface area contributed by atoms with E-state index in [1.165, 1.54) is 193 Å². The van der Waals surface area contributed by atoms with E-state index in [4.69, 9.17) is 14.2 Å². The number of ether oxygens (including phenoxy) is 3. The smallest absolute Gasteiger partial charge is 0.306 e. The standard InChI is InChI=1S/C73H133NO10/c1-4-7-10-13-16-19-22-25-27-29-31-33-35-36-38-40-42-45-48-51-54-57-60-66(77)72(81)74-64(65(76)59-56-53-50-47-44-24-21-18-15-12-9-6-3)63-82-73-71(70(80)69(79)67(62-75)83-73)84-68(78)61-58-55-52-49-46-43-41-39-37-34-32-30-28-26-23-20-17-14-11-8-5-2/h17,20,26,28,32,34,39,41,56,59,64-67,69-71,73,75-77,79-80H,4-16,18-19,21-25,27,29-31,33,35-38,40,42-55,57-58,60-63H2,1-3H3,(H,74,81)/b20-17-,28-26-,34-32-,41-39-,59-56+. The number of rotatable bonds is 61. The predicted octanol–water partition coefficient (Wildman–Crippen LogP) is 18.1. The van der Waals surface area contributed by atoms with Crippen LogP contribution in [0.25, 0.3) is 0 Å². The molecule has 11 nitrogen and oxygen atoms in total. The van der Waals surface area contributed by atoms with Crippen molar-refractivity contribution in [3.8, 4) is 0 Å². The van der Waals surface area contributed by atoms with Crippen molar-refractivity contribution in [3.05, 3.63) is 60.8 Å². The van der Waals surface area contributed by atoms with Gasteiger partial charge in [-0.15, -0.1) is 0 Å².